The number of methoxy groups -OCH3 is 1. The van der Waals surface area contributed by atoms with E-state index in [1.807, 2.05) is 18.2 Å². The Morgan fingerprint density at radius 1 is 1.52 bits per heavy atom. The van der Waals surface area contributed by atoms with Gasteiger partial charge in [0.15, 0.2) is 0 Å². The average Bonchev–Trinajstić information content (AvgIpc) is 2.96. The van der Waals surface area contributed by atoms with Crippen LogP contribution in [0.2, 0.25) is 0 Å². The van der Waals surface area contributed by atoms with Crippen LogP contribution in [0, 0.1) is 12.3 Å². The maximum absolute atomic E-state index is 5.60. The molecule has 1 aromatic carbocycles. The summed E-state index contributed by atoms with van der Waals surface area (Å²) in [5.74, 6) is 3.29. The Morgan fingerprint density at radius 2 is 2.38 bits per heavy atom. The summed E-state index contributed by atoms with van der Waals surface area (Å²) in [6.07, 6.45) is 6.16. The van der Waals surface area contributed by atoms with Crippen molar-refractivity contribution in [2.45, 2.75) is 18.6 Å². The monoisotopic (exact) mass is 353 g/mol. The fourth-order valence-corrected chi connectivity index (χ4v) is 2.74. The normalized spacial score (nSPS) is 21.2. The van der Waals surface area contributed by atoms with Crippen molar-refractivity contribution in [3.05, 3.63) is 28.2 Å². The maximum Gasteiger partial charge on any atom is 0.148 e. The van der Waals surface area contributed by atoms with E-state index in [1.165, 1.54) is 0 Å². The highest BCUT2D eigenvalue weighted by molar-refractivity contribution is 9.10. The topological polar surface area (TPSA) is 39.7 Å². The number of halogens is 1. The molecule has 0 aromatic heterocycles. The zero-order chi connectivity index (χ0) is 15.1. The second kappa shape index (κ2) is 7.81. The molecule has 114 valence electrons. The molecule has 0 saturated carbocycles. The van der Waals surface area contributed by atoms with E-state index in [0.29, 0.717) is 13.2 Å². The summed E-state index contributed by atoms with van der Waals surface area (Å²) in [7, 11) is 1.73. The third kappa shape index (κ3) is 4.45. The van der Waals surface area contributed by atoms with Crippen LogP contribution < -0.4 is 10.1 Å². The molecule has 1 aromatic rings. The zero-order valence-electron chi connectivity index (χ0n) is 12.2. The van der Waals surface area contributed by atoms with Crippen LogP contribution in [0.5, 0.6) is 5.75 Å². The first-order valence-electron chi connectivity index (χ1n) is 6.87. The first kappa shape index (κ1) is 16.3. The predicted octanol–water partition coefficient (Wildman–Crippen LogP) is 2.36. The first-order chi connectivity index (χ1) is 10.2. The molecular formula is C16H20BrNO3. The number of hydrogen-bond donors (Lipinski definition) is 1. The van der Waals surface area contributed by atoms with Gasteiger partial charge in [-0.3, -0.25) is 0 Å². The molecule has 5 heteroatoms. The fourth-order valence-electron chi connectivity index (χ4n) is 2.33. The van der Waals surface area contributed by atoms with Gasteiger partial charge < -0.3 is 19.5 Å². The molecule has 1 saturated heterocycles. The minimum atomic E-state index is -0.216. The lowest BCUT2D eigenvalue weighted by atomic mass is 10.0. The summed E-state index contributed by atoms with van der Waals surface area (Å²) in [4.78, 5) is 0. The van der Waals surface area contributed by atoms with Crippen LogP contribution in [0.1, 0.15) is 12.0 Å². The van der Waals surface area contributed by atoms with Gasteiger partial charge in [0.1, 0.15) is 18.0 Å². The second-order valence-electron chi connectivity index (χ2n) is 5.04. The van der Waals surface area contributed by atoms with Crippen LogP contribution in [-0.2, 0) is 16.0 Å². The Labute approximate surface area is 134 Å². The third-order valence-corrected chi connectivity index (χ3v) is 4.09. The molecule has 2 rings (SSSR count). The number of terminal acetylenes is 1. The minimum Gasteiger partial charge on any atom is -0.481 e. The third-order valence-electron chi connectivity index (χ3n) is 3.60. The van der Waals surface area contributed by atoms with E-state index in [-0.39, 0.29) is 12.2 Å². The number of rotatable bonds is 7. The summed E-state index contributed by atoms with van der Waals surface area (Å²) in [5, 5.41) is 3.42. The largest absolute Gasteiger partial charge is 0.481 e. The van der Waals surface area contributed by atoms with Crippen LogP contribution in [0.15, 0.2) is 22.7 Å². The van der Waals surface area contributed by atoms with E-state index < -0.39 is 0 Å². The summed E-state index contributed by atoms with van der Waals surface area (Å²) < 4.78 is 17.6. The molecule has 1 atom stereocenters. The van der Waals surface area contributed by atoms with Gasteiger partial charge in [-0.05, 0) is 18.2 Å². The summed E-state index contributed by atoms with van der Waals surface area (Å²) in [6, 6.07) is 5.89. The highest BCUT2D eigenvalue weighted by Gasteiger charge is 2.34. The van der Waals surface area contributed by atoms with Gasteiger partial charge in [-0.25, -0.2) is 0 Å². The summed E-state index contributed by atoms with van der Waals surface area (Å²) in [6.45, 7) is 3.08. The first-order valence-corrected chi connectivity index (χ1v) is 7.67. The van der Waals surface area contributed by atoms with Crippen molar-refractivity contribution in [2.75, 3.05) is 33.5 Å². The highest BCUT2D eigenvalue weighted by atomic mass is 79.9. The van der Waals surface area contributed by atoms with Crippen LogP contribution in [0.4, 0.5) is 0 Å². The molecule has 1 unspecified atom stereocenters. The van der Waals surface area contributed by atoms with E-state index in [0.717, 1.165) is 35.4 Å². The van der Waals surface area contributed by atoms with Crippen molar-refractivity contribution in [3.8, 4) is 18.1 Å². The Morgan fingerprint density at radius 3 is 3.05 bits per heavy atom. The van der Waals surface area contributed by atoms with Gasteiger partial charge in [0.25, 0.3) is 0 Å². The molecule has 0 radical (unpaired) electrons. The van der Waals surface area contributed by atoms with Crippen molar-refractivity contribution in [1.29, 1.82) is 0 Å². The molecule has 0 bridgehead atoms. The molecule has 0 spiro atoms. The molecule has 1 aliphatic heterocycles. The SMILES string of the molecule is C#CCOc1ccc(Br)cc1CNCC1(OC)CCOC1. The summed E-state index contributed by atoms with van der Waals surface area (Å²) >= 11 is 3.48. The van der Waals surface area contributed by atoms with Crippen LogP contribution >= 0.6 is 15.9 Å². The lowest BCUT2D eigenvalue weighted by Crippen LogP contribution is -2.42. The number of benzene rings is 1. The zero-order valence-corrected chi connectivity index (χ0v) is 13.7. The molecule has 0 amide bonds. The lowest BCUT2D eigenvalue weighted by molar-refractivity contribution is -0.0159. The Kier molecular flexibility index (Phi) is 6.07. The number of hydrogen-bond acceptors (Lipinski definition) is 4. The van der Waals surface area contributed by atoms with Crippen molar-refractivity contribution >= 4 is 15.9 Å². The van der Waals surface area contributed by atoms with E-state index in [2.05, 4.69) is 27.2 Å². The van der Waals surface area contributed by atoms with Crippen LogP contribution in [0.25, 0.3) is 0 Å². The van der Waals surface area contributed by atoms with Crippen molar-refractivity contribution < 1.29 is 14.2 Å². The highest BCUT2D eigenvalue weighted by Crippen LogP contribution is 2.25. The van der Waals surface area contributed by atoms with Gasteiger partial charge in [0, 0.05) is 43.3 Å². The van der Waals surface area contributed by atoms with Gasteiger partial charge in [-0.1, -0.05) is 21.9 Å². The number of ether oxygens (including phenoxy) is 3. The molecular weight excluding hydrogens is 334 g/mol. The van der Waals surface area contributed by atoms with E-state index >= 15 is 0 Å². The Bertz CT molecular complexity index is 507. The van der Waals surface area contributed by atoms with Crippen LogP contribution in [-0.4, -0.2) is 39.1 Å². The quantitative estimate of drug-likeness (QED) is 0.764. The standard InChI is InChI=1S/C16H20BrNO3/c1-3-7-21-15-5-4-14(17)9-13(15)10-18-11-16(19-2)6-8-20-12-16/h1,4-5,9,18H,6-8,10-12H2,2H3. The van der Waals surface area contributed by atoms with Crippen LogP contribution in [0.3, 0.4) is 0 Å². The van der Waals surface area contributed by atoms with Gasteiger partial charge in [0.05, 0.1) is 6.61 Å². The summed E-state index contributed by atoms with van der Waals surface area (Å²) in [5.41, 5.74) is 0.844. The molecule has 1 aliphatic rings. The molecule has 1 heterocycles. The Hall–Kier alpha value is -1.06. The predicted molar refractivity (Wildman–Crippen MR) is 85.4 cm³/mol. The number of nitrogens with one attached hydrogen (secondary N) is 1. The molecule has 4 nitrogen and oxygen atoms in total. The minimum absolute atomic E-state index is 0.216. The molecule has 21 heavy (non-hydrogen) atoms. The fraction of sp³-hybridized carbons (Fsp3) is 0.500. The Balaban J connectivity index is 1.95. The van der Waals surface area contributed by atoms with Crippen molar-refractivity contribution in [3.63, 3.8) is 0 Å². The molecule has 0 aliphatic carbocycles. The molecule has 1 fully saturated rings. The van der Waals surface area contributed by atoms with E-state index in [1.54, 1.807) is 7.11 Å². The van der Waals surface area contributed by atoms with Crippen molar-refractivity contribution in [2.24, 2.45) is 0 Å². The van der Waals surface area contributed by atoms with E-state index in [4.69, 9.17) is 20.6 Å². The lowest BCUT2D eigenvalue weighted by Gasteiger charge is -2.26. The second-order valence-corrected chi connectivity index (χ2v) is 5.95. The smallest absolute Gasteiger partial charge is 0.148 e. The molecule has 1 N–H and O–H groups in total. The van der Waals surface area contributed by atoms with E-state index in [9.17, 15) is 0 Å². The average molecular weight is 354 g/mol. The van der Waals surface area contributed by atoms with Gasteiger partial charge >= 0.3 is 0 Å². The van der Waals surface area contributed by atoms with Gasteiger partial charge in [-0.15, -0.1) is 6.42 Å². The van der Waals surface area contributed by atoms with Crippen molar-refractivity contribution in [1.82, 2.24) is 5.32 Å². The maximum atomic E-state index is 5.60. The van der Waals surface area contributed by atoms with Gasteiger partial charge in [-0.2, -0.15) is 0 Å². The van der Waals surface area contributed by atoms with Gasteiger partial charge in [0.2, 0.25) is 0 Å².